The summed E-state index contributed by atoms with van der Waals surface area (Å²) in [5.74, 6) is 1.57. The summed E-state index contributed by atoms with van der Waals surface area (Å²) in [6.07, 6.45) is 3.70. The molecule has 6 nitrogen and oxygen atoms in total. The molecule has 1 aliphatic rings. The van der Waals surface area contributed by atoms with Gasteiger partial charge in [0, 0.05) is 43.3 Å². The number of anilines is 3. The number of benzene rings is 2. The third-order valence-electron chi connectivity index (χ3n) is 5.14. The first-order valence-electron chi connectivity index (χ1n) is 9.87. The van der Waals surface area contributed by atoms with E-state index in [-0.39, 0.29) is 0 Å². The zero-order valence-corrected chi connectivity index (χ0v) is 16.0. The molecule has 0 amide bonds. The zero-order chi connectivity index (χ0) is 19.5. The van der Waals surface area contributed by atoms with Gasteiger partial charge in [-0.2, -0.15) is 0 Å². The predicted octanol–water partition coefficient (Wildman–Crippen LogP) is 3.85. The van der Waals surface area contributed by atoms with Crippen molar-refractivity contribution >= 4 is 28.4 Å². The lowest BCUT2D eigenvalue weighted by Gasteiger charge is -2.28. The van der Waals surface area contributed by atoms with Crippen LogP contribution in [-0.2, 0) is 0 Å². The molecular weight excluding hydrogens is 360 g/mol. The van der Waals surface area contributed by atoms with Crippen LogP contribution in [0.1, 0.15) is 0 Å². The average molecular weight is 382 g/mol. The van der Waals surface area contributed by atoms with Crippen molar-refractivity contribution < 1.29 is 0 Å². The number of rotatable bonds is 4. The summed E-state index contributed by atoms with van der Waals surface area (Å²) in [6.45, 7) is 3.96. The molecule has 4 aromatic rings. The van der Waals surface area contributed by atoms with Crippen molar-refractivity contribution in [2.24, 2.45) is 0 Å². The molecule has 0 spiro atoms. The molecule has 0 bridgehead atoms. The Morgan fingerprint density at radius 1 is 0.828 bits per heavy atom. The molecule has 0 unspecified atom stereocenters. The lowest BCUT2D eigenvalue weighted by atomic mass is 10.0. The highest BCUT2D eigenvalue weighted by molar-refractivity contribution is 5.93. The van der Waals surface area contributed by atoms with Crippen LogP contribution in [0.15, 0.2) is 73.1 Å². The van der Waals surface area contributed by atoms with Crippen LogP contribution >= 0.6 is 0 Å². The molecule has 0 radical (unpaired) electrons. The van der Waals surface area contributed by atoms with Crippen molar-refractivity contribution in [2.45, 2.75) is 0 Å². The first-order chi connectivity index (χ1) is 14.4. The summed E-state index contributed by atoms with van der Waals surface area (Å²) in [5, 5.41) is 7.67. The monoisotopic (exact) mass is 382 g/mol. The predicted molar refractivity (Wildman–Crippen MR) is 118 cm³/mol. The summed E-state index contributed by atoms with van der Waals surface area (Å²) >= 11 is 0. The van der Waals surface area contributed by atoms with Gasteiger partial charge in [-0.3, -0.25) is 0 Å². The highest BCUT2D eigenvalue weighted by Crippen LogP contribution is 2.28. The smallest absolute Gasteiger partial charge is 0.227 e. The van der Waals surface area contributed by atoms with Crippen molar-refractivity contribution in [3.63, 3.8) is 0 Å². The molecule has 0 saturated carbocycles. The normalized spacial score (nSPS) is 14.1. The van der Waals surface area contributed by atoms with Gasteiger partial charge in [-0.05, 0) is 17.7 Å². The molecule has 5 rings (SSSR count). The van der Waals surface area contributed by atoms with Crippen LogP contribution in [-0.4, -0.2) is 41.1 Å². The minimum atomic E-state index is 0.567. The van der Waals surface area contributed by atoms with Crippen LogP contribution in [0.4, 0.5) is 17.5 Å². The average Bonchev–Trinajstić information content (AvgIpc) is 2.80. The van der Waals surface area contributed by atoms with Crippen molar-refractivity contribution in [2.75, 3.05) is 36.4 Å². The van der Waals surface area contributed by atoms with Crippen LogP contribution < -0.4 is 15.5 Å². The summed E-state index contributed by atoms with van der Waals surface area (Å²) in [7, 11) is 0. The maximum Gasteiger partial charge on any atom is 0.227 e. The second kappa shape index (κ2) is 7.85. The molecule has 0 atom stereocenters. The maximum atomic E-state index is 4.79. The Balaban J connectivity index is 1.42. The Morgan fingerprint density at radius 3 is 2.48 bits per heavy atom. The zero-order valence-electron chi connectivity index (χ0n) is 16.0. The fourth-order valence-corrected chi connectivity index (χ4v) is 3.64. The summed E-state index contributed by atoms with van der Waals surface area (Å²) < 4.78 is 0. The fourth-order valence-electron chi connectivity index (χ4n) is 3.64. The Kier molecular flexibility index (Phi) is 4.76. The molecule has 6 heteroatoms. The van der Waals surface area contributed by atoms with Crippen molar-refractivity contribution in [1.82, 2.24) is 20.3 Å². The van der Waals surface area contributed by atoms with E-state index in [9.17, 15) is 0 Å². The lowest BCUT2D eigenvalue weighted by molar-refractivity contribution is 0.585. The first kappa shape index (κ1) is 17.6. The van der Waals surface area contributed by atoms with Gasteiger partial charge in [0.25, 0.3) is 0 Å². The van der Waals surface area contributed by atoms with E-state index in [0.29, 0.717) is 5.95 Å². The third kappa shape index (κ3) is 3.75. The molecular formula is C23H22N6. The van der Waals surface area contributed by atoms with Gasteiger partial charge in [0.15, 0.2) is 0 Å². The second-order valence-corrected chi connectivity index (χ2v) is 7.07. The van der Waals surface area contributed by atoms with E-state index in [1.54, 1.807) is 0 Å². The molecule has 0 aliphatic carbocycles. The van der Waals surface area contributed by atoms with Crippen LogP contribution in [0.25, 0.3) is 22.0 Å². The molecule has 1 fully saturated rings. The van der Waals surface area contributed by atoms with Gasteiger partial charge in [0.2, 0.25) is 5.95 Å². The fraction of sp³-hybridized carbons (Fsp3) is 0.174. The highest BCUT2D eigenvalue weighted by Gasteiger charge is 2.12. The Hall–Kier alpha value is -3.51. The maximum absolute atomic E-state index is 4.79. The van der Waals surface area contributed by atoms with Crippen LogP contribution in [0.5, 0.6) is 0 Å². The number of para-hydroxylation sites is 1. The van der Waals surface area contributed by atoms with Gasteiger partial charge in [0.1, 0.15) is 5.82 Å². The number of pyridine rings is 1. The molecule has 2 aromatic carbocycles. The van der Waals surface area contributed by atoms with Crippen LogP contribution in [0.3, 0.4) is 0 Å². The van der Waals surface area contributed by atoms with Crippen molar-refractivity contribution in [1.29, 1.82) is 0 Å². The Bertz CT molecular complexity index is 1110. The lowest BCUT2D eigenvalue weighted by Crippen LogP contribution is -2.43. The van der Waals surface area contributed by atoms with Gasteiger partial charge in [-0.1, -0.05) is 48.5 Å². The molecule has 144 valence electrons. The van der Waals surface area contributed by atoms with E-state index in [4.69, 9.17) is 4.98 Å². The van der Waals surface area contributed by atoms with Gasteiger partial charge in [-0.15, -0.1) is 0 Å². The highest BCUT2D eigenvalue weighted by atomic mass is 15.2. The Morgan fingerprint density at radius 2 is 1.69 bits per heavy atom. The van der Waals surface area contributed by atoms with E-state index in [2.05, 4.69) is 43.7 Å². The number of piperazine rings is 1. The van der Waals surface area contributed by atoms with E-state index in [1.165, 1.54) is 0 Å². The van der Waals surface area contributed by atoms with Crippen LogP contribution in [0.2, 0.25) is 0 Å². The van der Waals surface area contributed by atoms with E-state index in [1.807, 2.05) is 54.9 Å². The SMILES string of the molecule is c1ccc(-c2cccc3cnc(Nc4ccc(N5CCNCC5)nc4)nc23)cc1. The largest absolute Gasteiger partial charge is 0.354 e. The number of nitrogens with one attached hydrogen (secondary N) is 2. The minimum absolute atomic E-state index is 0.567. The van der Waals surface area contributed by atoms with E-state index in [0.717, 1.165) is 59.7 Å². The molecule has 29 heavy (non-hydrogen) atoms. The molecule has 2 aromatic heterocycles. The third-order valence-corrected chi connectivity index (χ3v) is 5.14. The van der Waals surface area contributed by atoms with Gasteiger partial charge >= 0.3 is 0 Å². The number of hydrogen-bond donors (Lipinski definition) is 2. The van der Waals surface area contributed by atoms with E-state index >= 15 is 0 Å². The topological polar surface area (TPSA) is 66.0 Å². The molecule has 1 saturated heterocycles. The number of nitrogens with zero attached hydrogens (tertiary/aromatic N) is 4. The molecule has 3 heterocycles. The van der Waals surface area contributed by atoms with Gasteiger partial charge in [-0.25, -0.2) is 15.0 Å². The van der Waals surface area contributed by atoms with Gasteiger partial charge in [0.05, 0.1) is 17.4 Å². The summed E-state index contributed by atoms with van der Waals surface area (Å²) in [5.41, 5.74) is 4.05. The number of fused-ring (bicyclic) bond motifs is 1. The number of aromatic nitrogens is 3. The standard InChI is InChI=1S/C23H22N6/c1-2-5-17(6-3-1)20-8-4-7-18-15-26-23(28-22(18)20)27-19-9-10-21(25-16-19)29-13-11-24-12-14-29/h1-10,15-16,24H,11-14H2,(H,26,27,28). The quantitative estimate of drug-likeness (QED) is 0.559. The minimum Gasteiger partial charge on any atom is -0.354 e. The van der Waals surface area contributed by atoms with E-state index < -0.39 is 0 Å². The summed E-state index contributed by atoms with van der Waals surface area (Å²) in [4.78, 5) is 16.2. The van der Waals surface area contributed by atoms with Gasteiger partial charge < -0.3 is 15.5 Å². The van der Waals surface area contributed by atoms with Crippen molar-refractivity contribution in [3.8, 4) is 11.1 Å². The molecule has 2 N–H and O–H groups in total. The first-order valence-corrected chi connectivity index (χ1v) is 9.87. The van der Waals surface area contributed by atoms with Crippen molar-refractivity contribution in [3.05, 3.63) is 73.1 Å². The van der Waals surface area contributed by atoms with Crippen LogP contribution in [0, 0.1) is 0 Å². The molecule has 1 aliphatic heterocycles. The summed E-state index contributed by atoms with van der Waals surface area (Å²) in [6, 6.07) is 20.6. The second-order valence-electron chi connectivity index (χ2n) is 7.07. The Labute approximate surface area is 169 Å². The number of hydrogen-bond acceptors (Lipinski definition) is 6.